The normalized spacial score (nSPS) is 19.7. The number of hydrogen-bond acceptors (Lipinski definition) is 3. The van der Waals surface area contributed by atoms with Gasteiger partial charge < -0.3 is 4.90 Å². The average molecular weight is 311 g/mol. The van der Waals surface area contributed by atoms with Crippen LogP contribution in [0, 0.1) is 0 Å². The zero-order valence-electron chi connectivity index (χ0n) is 9.64. The van der Waals surface area contributed by atoms with Crippen molar-refractivity contribution in [2.75, 3.05) is 6.54 Å². The van der Waals surface area contributed by atoms with E-state index in [0.29, 0.717) is 10.0 Å². The van der Waals surface area contributed by atoms with E-state index in [1.165, 1.54) is 4.90 Å². The molecule has 0 saturated carbocycles. The first kappa shape index (κ1) is 12.8. The molecule has 1 aliphatic rings. The highest BCUT2D eigenvalue weighted by Crippen LogP contribution is 2.19. The summed E-state index contributed by atoms with van der Waals surface area (Å²) >= 11 is 3.28. The molecule has 6 heteroatoms. The van der Waals surface area contributed by atoms with E-state index >= 15 is 0 Å². The predicted molar refractivity (Wildman–Crippen MR) is 67.8 cm³/mol. The van der Waals surface area contributed by atoms with E-state index in [0.717, 1.165) is 0 Å². The maximum atomic E-state index is 12.3. The summed E-state index contributed by atoms with van der Waals surface area (Å²) in [7, 11) is 0. The van der Waals surface area contributed by atoms with Gasteiger partial charge in [0.25, 0.3) is 5.91 Å². The van der Waals surface area contributed by atoms with Crippen LogP contribution in [0.25, 0.3) is 0 Å². The zero-order chi connectivity index (χ0) is 13.3. The summed E-state index contributed by atoms with van der Waals surface area (Å²) in [6.07, 6.45) is 0. The molecular weight excluding hydrogens is 300 g/mol. The third-order valence-electron chi connectivity index (χ3n) is 2.79. The quantitative estimate of drug-likeness (QED) is 0.785. The number of amides is 3. The summed E-state index contributed by atoms with van der Waals surface area (Å²) < 4.78 is 0.639. The van der Waals surface area contributed by atoms with Crippen LogP contribution < -0.4 is 5.32 Å². The van der Waals surface area contributed by atoms with Gasteiger partial charge in [-0.15, -0.1) is 0 Å². The van der Waals surface area contributed by atoms with Crippen molar-refractivity contribution in [1.29, 1.82) is 0 Å². The molecule has 1 saturated heterocycles. The number of piperazine rings is 1. The molecule has 1 aliphatic heterocycles. The minimum Gasteiger partial charge on any atom is -0.318 e. The van der Waals surface area contributed by atoms with Crippen molar-refractivity contribution in [3.8, 4) is 0 Å². The van der Waals surface area contributed by atoms with Crippen LogP contribution in [0.5, 0.6) is 0 Å². The Morgan fingerprint density at radius 2 is 2.06 bits per heavy atom. The van der Waals surface area contributed by atoms with Gasteiger partial charge in [-0.05, 0) is 35.0 Å². The fourth-order valence-corrected chi connectivity index (χ4v) is 2.21. The molecule has 0 aliphatic carbocycles. The first-order valence-corrected chi connectivity index (χ1v) is 6.19. The molecule has 1 aromatic carbocycles. The lowest BCUT2D eigenvalue weighted by Gasteiger charge is -2.31. The largest absolute Gasteiger partial charge is 0.318 e. The molecule has 18 heavy (non-hydrogen) atoms. The predicted octanol–water partition coefficient (Wildman–Crippen LogP) is 0.936. The van der Waals surface area contributed by atoms with Crippen molar-refractivity contribution in [2.45, 2.75) is 13.0 Å². The zero-order valence-corrected chi connectivity index (χ0v) is 11.2. The van der Waals surface area contributed by atoms with E-state index < -0.39 is 17.9 Å². The molecule has 5 nitrogen and oxygen atoms in total. The van der Waals surface area contributed by atoms with E-state index in [-0.39, 0.29) is 12.5 Å². The number of carbonyl (C=O) groups excluding carboxylic acids is 3. The molecule has 0 spiro atoms. The first-order chi connectivity index (χ1) is 8.50. The summed E-state index contributed by atoms with van der Waals surface area (Å²) in [5.74, 6) is -1.25. The van der Waals surface area contributed by atoms with Gasteiger partial charge in [-0.2, -0.15) is 0 Å². The smallest absolute Gasteiger partial charge is 0.256 e. The minimum absolute atomic E-state index is 0.104. The van der Waals surface area contributed by atoms with Gasteiger partial charge in [0, 0.05) is 4.47 Å². The van der Waals surface area contributed by atoms with Crippen LogP contribution in [0.15, 0.2) is 28.7 Å². The van der Waals surface area contributed by atoms with Gasteiger partial charge in [0.2, 0.25) is 11.8 Å². The number of hydrogen-bond donors (Lipinski definition) is 1. The van der Waals surface area contributed by atoms with Gasteiger partial charge in [0.1, 0.15) is 12.6 Å². The Hall–Kier alpha value is -1.69. The molecule has 2 rings (SSSR count). The topological polar surface area (TPSA) is 66.5 Å². The molecule has 0 aromatic heterocycles. The molecule has 1 fully saturated rings. The van der Waals surface area contributed by atoms with Crippen LogP contribution in [0.4, 0.5) is 0 Å². The highest BCUT2D eigenvalue weighted by molar-refractivity contribution is 9.10. The summed E-state index contributed by atoms with van der Waals surface area (Å²) in [5, 5.41) is 2.20. The number of nitrogens with one attached hydrogen (secondary N) is 1. The Labute approximate surface area is 112 Å². The molecule has 0 radical (unpaired) electrons. The second kappa shape index (κ2) is 4.89. The summed E-state index contributed by atoms with van der Waals surface area (Å²) in [4.78, 5) is 36.4. The standard InChI is InChI=1S/C12H11BrN2O3/c1-7-11(17)14-10(16)6-15(7)12(18)8-4-2-3-5-9(8)13/h2-5,7H,6H2,1H3,(H,14,16,17). The molecule has 1 aromatic rings. The van der Waals surface area contributed by atoms with Crippen molar-refractivity contribution in [2.24, 2.45) is 0 Å². The molecular formula is C12H11BrN2O3. The molecule has 94 valence electrons. The Kier molecular flexibility index (Phi) is 3.47. The SMILES string of the molecule is CC1C(=O)NC(=O)CN1C(=O)c1ccccc1Br. The lowest BCUT2D eigenvalue weighted by molar-refractivity contribution is -0.138. The van der Waals surface area contributed by atoms with Crippen LogP contribution in [0.1, 0.15) is 17.3 Å². The second-order valence-corrected chi connectivity index (χ2v) is 4.86. The van der Waals surface area contributed by atoms with Crippen LogP contribution >= 0.6 is 15.9 Å². The van der Waals surface area contributed by atoms with Crippen LogP contribution in [0.3, 0.4) is 0 Å². The lowest BCUT2D eigenvalue weighted by Crippen LogP contribution is -2.58. The van der Waals surface area contributed by atoms with Crippen LogP contribution in [-0.2, 0) is 9.59 Å². The third-order valence-corrected chi connectivity index (χ3v) is 3.48. The number of carbonyl (C=O) groups is 3. The number of rotatable bonds is 1. The van der Waals surface area contributed by atoms with Gasteiger partial charge in [-0.1, -0.05) is 12.1 Å². The van der Waals surface area contributed by atoms with Crippen molar-refractivity contribution >= 4 is 33.7 Å². The molecule has 1 N–H and O–H groups in total. The van der Waals surface area contributed by atoms with E-state index in [1.54, 1.807) is 31.2 Å². The summed E-state index contributed by atoms with van der Waals surface area (Å²) in [6.45, 7) is 1.49. The maximum Gasteiger partial charge on any atom is 0.256 e. The monoisotopic (exact) mass is 310 g/mol. The maximum absolute atomic E-state index is 12.3. The minimum atomic E-state index is -0.651. The van der Waals surface area contributed by atoms with Gasteiger partial charge in [-0.3, -0.25) is 19.7 Å². The van der Waals surface area contributed by atoms with E-state index in [9.17, 15) is 14.4 Å². The summed E-state index contributed by atoms with van der Waals surface area (Å²) in [6, 6.07) is 6.26. The van der Waals surface area contributed by atoms with Gasteiger partial charge in [0.05, 0.1) is 5.56 Å². The molecule has 1 unspecified atom stereocenters. The Morgan fingerprint density at radius 1 is 1.39 bits per heavy atom. The molecule has 0 bridgehead atoms. The van der Waals surface area contributed by atoms with Gasteiger partial charge >= 0.3 is 0 Å². The highest BCUT2D eigenvalue weighted by Gasteiger charge is 2.34. The van der Waals surface area contributed by atoms with E-state index in [2.05, 4.69) is 21.2 Å². The van der Waals surface area contributed by atoms with Crippen molar-refractivity contribution in [3.63, 3.8) is 0 Å². The number of nitrogens with zero attached hydrogens (tertiary/aromatic N) is 1. The second-order valence-electron chi connectivity index (χ2n) is 4.00. The van der Waals surface area contributed by atoms with Gasteiger partial charge in [0.15, 0.2) is 0 Å². The Balaban J connectivity index is 2.31. The van der Waals surface area contributed by atoms with Crippen LogP contribution in [0.2, 0.25) is 0 Å². The van der Waals surface area contributed by atoms with E-state index in [1.807, 2.05) is 0 Å². The fourth-order valence-electron chi connectivity index (χ4n) is 1.75. The number of benzene rings is 1. The first-order valence-electron chi connectivity index (χ1n) is 5.40. The summed E-state index contributed by atoms with van der Waals surface area (Å²) in [5.41, 5.74) is 0.437. The fraction of sp³-hybridized carbons (Fsp3) is 0.250. The van der Waals surface area contributed by atoms with Crippen LogP contribution in [-0.4, -0.2) is 35.2 Å². The Morgan fingerprint density at radius 3 is 2.72 bits per heavy atom. The average Bonchev–Trinajstić information content (AvgIpc) is 2.33. The molecule has 3 amide bonds. The van der Waals surface area contributed by atoms with Crippen molar-refractivity contribution in [3.05, 3.63) is 34.3 Å². The van der Waals surface area contributed by atoms with E-state index in [4.69, 9.17) is 0 Å². The number of halogens is 1. The number of imide groups is 1. The Bertz CT molecular complexity index is 530. The molecule has 1 heterocycles. The lowest BCUT2D eigenvalue weighted by atomic mass is 10.1. The van der Waals surface area contributed by atoms with Crippen molar-refractivity contribution in [1.82, 2.24) is 10.2 Å². The van der Waals surface area contributed by atoms with Gasteiger partial charge in [-0.25, -0.2) is 0 Å². The van der Waals surface area contributed by atoms with Crippen molar-refractivity contribution < 1.29 is 14.4 Å². The third kappa shape index (κ3) is 2.28. The highest BCUT2D eigenvalue weighted by atomic mass is 79.9. The molecule has 1 atom stereocenters.